The van der Waals surface area contributed by atoms with Crippen LogP contribution in [0, 0.1) is 5.82 Å². The average Bonchev–Trinajstić information content (AvgIpc) is 2.81. The summed E-state index contributed by atoms with van der Waals surface area (Å²) < 4.78 is 45.8. The van der Waals surface area contributed by atoms with E-state index >= 15 is 0 Å². The lowest BCUT2D eigenvalue weighted by Crippen LogP contribution is -2.41. The minimum absolute atomic E-state index is 0.0207. The van der Waals surface area contributed by atoms with Crippen LogP contribution < -0.4 is 14.4 Å². The highest BCUT2D eigenvalue weighted by atomic mass is 35.5. The van der Waals surface area contributed by atoms with Crippen LogP contribution in [0.15, 0.2) is 77.7 Å². The van der Waals surface area contributed by atoms with Gasteiger partial charge in [-0.05, 0) is 73.0 Å². The molecule has 0 unspecified atom stereocenters. The lowest BCUT2D eigenvalue weighted by atomic mass is 10.1. The van der Waals surface area contributed by atoms with E-state index in [1.807, 2.05) is 0 Å². The lowest BCUT2D eigenvalue weighted by molar-refractivity contribution is -0.119. The third-order valence-corrected chi connectivity index (χ3v) is 6.93. The van der Waals surface area contributed by atoms with Crippen LogP contribution in [0.1, 0.15) is 12.0 Å². The topological polar surface area (TPSA) is 75.7 Å². The molecule has 0 radical (unpaired) electrons. The van der Waals surface area contributed by atoms with E-state index in [9.17, 15) is 17.6 Å². The van der Waals surface area contributed by atoms with E-state index in [0.717, 1.165) is 9.87 Å². The number of sulfonamides is 1. The second-order valence-corrected chi connectivity index (χ2v) is 9.55. The zero-order chi connectivity index (χ0) is 23.8. The summed E-state index contributed by atoms with van der Waals surface area (Å²) >= 11 is 6.07. The predicted octanol–water partition coefficient (Wildman–Crippen LogP) is 4.43. The molecule has 33 heavy (non-hydrogen) atoms. The molecule has 0 saturated heterocycles. The predicted molar refractivity (Wildman–Crippen MR) is 127 cm³/mol. The smallest absolute Gasteiger partial charge is 0.264 e. The van der Waals surface area contributed by atoms with Crippen molar-refractivity contribution in [3.63, 3.8) is 0 Å². The number of amides is 1. The standard InChI is InChI=1S/C24H24ClFN2O4S/c1-32-22-11-13-23(14-12-22)33(30,31)28(21-6-2-5-19(25)16-21)17-24(29)27-15-3-4-18-7-9-20(26)10-8-18/h2,5-14,16H,3-4,15,17H2,1H3,(H,27,29). The van der Waals surface area contributed by atoms with Crippen molar-refractivity contribution in [1.29, 1.82) is 0 Å². The van der Waals surface area contributed by atoms with Crippen LogP contribution in [-0.2, 0) is 21.2 Å². The number of carbonyl (C=O) groups excluding carboxylic acids is 1. The third kappa shape index (κ3) is 6.69. The molecule has 0 aliphatic rings. The van der Waals surface area contributed by atoms with Crippen molar-refractivity contribution in [1.82, 2.24) is 5.32 Å². The largest absolute Gasteiger partial charge is 0.497 e. The zero-order valence-electron chi connectivity index (χ0n) is 18.0. The van der Waals surface area contributed by atoms with Crippen LogP contribution in [0.3, 0.4) is 0 Å². The fourth-order valence-corrected chi connectivity index (χ4v) is 4.78. The Bertz CT molecular complexity index is 1190. The average molecular weight is 491 g/mol. The molecule has 1 amide bonds. The molecular weight excluding hydrogens is 467 g/mol. The Hall–Kier alpha value is -3.10. The van der Waals surface area contributed by atoms with Gasteiger partial charge in [0.15, 0.2) is 0 Å². The summed E-state index contributed by atoms with van der Waals surface area (Å²) in [5.41, 5.74) is 1.23. The van der Waals surface area contributed by atoms with E-state index in [4.69, 9.17) is 16.3 Å². The number of hydrogen-bond donors (Lipinski definition) is 1. The quantitative estimate of drug-likeness (QED) is 0.426. The summed E-state index contributed by atoms with van der Waals surface area (Å²) in [6, 6.07) is 18.4. The van der Waals surface area contributed by atoms with Gasteiger partial charge in [-0.1, -0.05) is 29.8 Å². The molecule has 0 aliphatic heterocycles. The van der Waals surface area contributed by atoms with Crippen LogP contribution in [-0.4, -0.2) is 34.5 Å². The Kier molecular flexibility index (Phi) is 8.30. The summed E-state index contributed by atoms with van der Waals surface area (Å²) in [5, 5.41) is 3.10. The van der Waals surface area contributed by atoms with Gasteiger partial charge in [-0.25, -0.2) is 12.8 Å². The van der Waals surface area contributed by atoms with Crippen molar-refractivity contribution in [2.45, 2.75) is 17.7 Å². The number of hydrogen-bond acceptors (Lipinski definition) is 4. The molecule has 0 fully saturated rings. The van der Waals surface area contributed by atoms with Gasteiger partial charge >= 0.3 is 0 Å². The number of nitrogens with one attached hydrogen (secondary N) is 1. The molecule has 0 bridgehead atoms. The fraction of sp³-hybridized carbons (Fsp3) is 0.208. The van der Waals surface area contributed by atoms with Gasteiger partial charge < -0.3 is 10.1 Å². The van der Waals surface area contributed by atoms with Crippen molar-refractivity contribution < 1.29 is 22.3 Å². The first-order valence-electron chi connectivity index (χ1n) is 10.2. The molecule has 174 valence electrons. The number of ether oxygens (including phenoxy) is 1. The van der Waals surface area contributed by atoms with Gasteiger partial charge in [0.1, 0.15) is 18.1 Å². The van der Waals surface area contributed by atoms with Gasteiger partial charge in [0.05, 0.1) is 17.7 Å². The van der Waals surface area contributed by atoms with Crippen LogP contribution in [0.5, 0.6) is 5.75 Å². The summed E-state index contributed by atoms with van der Waals surface area (Å²) in [6.45, 7) is -0.0621. The second kappa shape index (κ2) is 11.2. The van der Waals surface area contributed by atoms with E-state index in [1.165, 1.54) is 37.4 Å². The van der Waals surface area contributed by atoms with Crippen LogP contribution in [0.2, 0.25) is 5.02 Å². The molecule has 0 saturated carbocycles. The summed E-state index contributed by atoms with van der Waals surface area (Å²) in [7, 11) is -2.56. The van der Waals surface area contributed by atoms with Crippen LogP contribution in [0.25, 0.3) is 0 Å². The maximum absolute atomic E-state index is 13.4. The second-order valence-electron chi connectivity index (χ2n) is 7.25. The number of benzene rings is 3. The summed E-state index contributed by atoms with van der Waals surface area (Å²) in [6.07, 6.45) is 1.28. The van der Waals surface area contributed by atoms with Crippen molar-refractivity contribution in [2.75, 3.05) is 24.5 Å². The molecule has 0 aromatic heterocycles. The van der Waals surface area contributed by atoms with Gasteiger partial charge in [0, 0.05) is 11.6 Å². The molecule has 3 aromatic rings. The molecular formula is C24H24ClFN2O4S. The summed E-state index contributed by atoms with van der Waals surface area (Å²) in [4.78, 5) is 12.6. The third-order valence-electron chi connectivity index (χ3n) is 4.91. The first-order valence-corrected chi connectivity index (χ1v) is 12.0. The fourth-order valence-electron chi connectivity index (χ4n) is 3.18. The number of rotatable bonds is 10. The molecule has 1 N–H and O–H groups in total. The van der Waals surface area contributed by atoms with Crippen LogP contribution in [0.4, 0.5) is 10.1 Å². The number of aryl methyl sites for hydroxylation is 1. The Balaban J connectivity index is 1.71. The monoisotopic (exact) mass is 490 g/mol. The van der Waals surface area contributed by atoms with Gasteiger partial charge in [-0.2, -0.15) is 0 Å². The number of nitrogens with zero attached hydrogens (tertiary/aromatic N) is 1. The van der Waals surface area contributed by atoms with Crippen molar-refractivity contribution in [2.24, 2.45) is 0 Å². The highest BCUT2D eigenvalue weighted by molar-refractivity contribution is 7.92. The number of halogens is 2. The number of anilines is 1. The van der Waals surface area contributed by atoms with Crippen molar-refractivity contribution in [3.05, 3.63) is 89.2 Å². The Morgan fingerprint density at radius 3 is 2.39 bits per heavy atom. The van der Waals surface area contributed by atoms with Gasteiger partial charge in [0.2, 0.25) is 5.91 Å². The maximum atomic E-state index is 13.4. The Morgan fingerprint density at radius 2 is 1.76 bits per heavy atom. The minimum Gasteiger partial charge on any atom is -0.497 e. The molecule has 0 aliphatic carbocycles. The van der Waals surface area contributed by atoms with Gasteiger partial charge in [-0.15, -0.1) is 0 Å². The maximum Gasteiger partial charge on any atom is 0.264 e. The molecule has 9 heteroatoms. The molecule has 3 rings (SSSR count). The molecule has 0 heterocycles. The lowest BCUT2D eigenvalue weighted by Gasteiger charge is -2.24. The highest BCUT2D eigenvalue weighted by Crippen LogP contribution is 2.27. The molecule has 0 atom stereocenters. The molecule has 0 spiro atoms. The van der Waals surface area contributed by atoms with Gasteiger partial charge in [0.25, 0.3) is 10.0 Å². The number of methoxy groups -OCH3 is 1. The Labute approximate surface area is 198 Å². The van der Waals surface area contributed by atoms with Crippen LogP contribution >= 0.6 is 11.6 Å². The van der Waals surface area contributed by atoms with Crippen molar-refractivity contribution >= 4 is 33.2 Å². The normalized spacial score (nSPS) is 11.1. The van der Waals surface area contributed by atoms with E-state index in [-0.39, 0.29) is 16.4 Å². The van der Waals surface area contributed by atoms with E-state index in [1.54, 1.807) is 42.5 Å². The number of carbonyl (C=O) groups is 1. The summed E-state index contributed by atoms with van der Waals surface area (Å²) in [5.74, 6) is -0.237. The molecule has 6 nitrogen and oxygen atoms in total. The first kappa shape index (κ1) is 24.5. The van der Waals surface area contributed by atoms with E-state index in [0.29, 0.717) is 30.2 Å². The zero-order valence-corrected chi connectivity index (χ0v) is 19.6. The molecule has 3 aromatic carbocycles. The van der Waals surface area contributed by atoms with E-state index in [2.05, 4.69) is 5.32 Å². The Morgan fingerprint density at radius 1 is 1.06 bits per heavy atom. The van der Waals surface area contributed by atoms with Gasteiger partial charge in [-0.3, -0.25) is 9.10 Å². The van der Waals surface area contributed by atoms with Crippen molar-refractivity contribution in [3.8, 4) is 5.75 Å². The first-order chi connectivity index (χ1) is 15.8. The SMILES string of the molecule is COc1ccc(S(=O)(=O)N(CC(=O)NCCCc2ccc(F)cc2)c2cccc(Cl)c2)cc1. The highest BCUT2D eigenvalue weighted by Gasteiger charge is 2.27. The minimum atomic E-state index is -4.05. The van der Waals surface area contributed by atoms with E-state index < -0.39 is 22.5 Å².